The maximum atomic E-state index is 5.79. The average Bonchev–Trinajstić information content (AvgIpc) is 2.88. The number of nitrogens with zero attached hydrogens (tertiary/aromatic N) is 3. The van der Waals surface area contributed by atoms with Crippen LogP contribution in [0.15, 0.2) is 0 Å². The van der Waals surface area contributed by atoms with E-state index in [0.29, 0.717) is 6.04 Å². The lowest BCUT2D eigenvalue weighted by molar-refractivity contribution is 0.234. The van der Waals surface area contributed by atoms with Gasteiger partial charge in [-0.25, -0.2) is 0 Å². The first-order valence-corrected chi connectivity index (χ1v) is 6.59. The second-order valence-corrected chi connectivity index (χ2v) is 5.04. The normalized spacial score (nSPS) is 18.8. The molecular weight excluding hydrogens is 212 g/mol. The van der Waals surface area contributed by atoms with Gasteiger partial charge in [-0.15, -0.1) is 0 Å². The summed E-state index contributed by atoms with van der Waals surface area (Å²) in [6.45, 7) is 7.43. The monoisotopic (exact) mass is 236 g/mol. The van der Waals surface area contributed by atoms with Crippen LogP contribution >= 0.6 is 0 Å². The first-order valence-electron chi connectivity index (χ1n) is 6.59. The Morgan fingerprint density at radius 2 is 1.94 bits per heavy atom. The van der Waals surface area contributed by atoms with Gasteiger partial charge in [-0.2, -0.15) is 5.10 Å². The molecule has 1 aliphatic heterocycles. The van der Waals surface area contributed by atoms with E-state index >= 15 is 0 Å². The van der Waals surface area contributed by atoms with E-state index in [2.05, 4.69) is 23.8 Å². The second-order valence-electron chi connectivity index (χ2n) is 5.04. The van der Waals surface area contributed by atoms with E-state index in [9.17, 15) is 0 Å². The van der Waals surface area contributed by atoms with Gasteiger partial charge in [-0.3, -0.25) is 9.58 Å². The fourth-order valence-corrected chi connectivity index (χ4v) is 2.99. The second kappa shape index (κ2) is 5.19. The van der Waals surface area contributed by atoms with E-state index in [-0.39, 0.29) is 0 Å². The van der Waals surface area contributed by atoms with E-state index in [1.165, 1.54) is 37.2 Å². The van der Waals surface area contributed by atoms with Crippen LogP contribution in [0.4, 0.5) is 0 Å². The van der Waals surface area contributed by atoms with Crippen LogP contribution in [-0.4, -0.2) is 34.3 Å². The van der Waals surface area contributed by atoms with Crippen LogP contribution in [0.1, 0.15) is 42.3 Å². The van der Waals surface area contributed by atoms with Crippen molar-refractivity contribution in [1.29, 1.82) is 0 Å². The molecule has 1 fully saturated rings. The van der Waals surface area contributed by atoms with Gasteiger partial charge in [0.2, 0.25) is 0 Å². The fraction of sp³-hybridized carbons (Fsp3) is 0.769. The molecule has 4 nitrogen and oxygen atoms in total. The molecule has 0 spiro atoms. The number of rotatable bonds is 4. The quantitative estimate of drug-likeness (QED) is 0.862. The van der Waals surface area contributed by atoms with Crippen molar-refractivity contribution in [2.75, 3.05) is 19.6 Å². The zero-order valence-electron chi connectivity index (χ0n) is 11.2. The van der Waals surface area contributed by atoms with Gasteiger partial charge in [0, 0.05) is 24.3 Å². The van der Waals surface area contributed by atoms with Crippen molar-refractivity contribution in [3.8, 4) is 0 Å². The molecule has 1 aromatic rings. The van der Waals surface area contributed by atoms with E-state index < -0.39 is 0 Å². The summed E-state index contributed by atoms with van der Waals surface area (Å²) in [6.07, 6.45) is 3.67. The lowest BCUT2D eigenvalue weighted by Crippen LogP contribution is -2.28. The molecule has 17 heavy (non-hydrogen) atoms. The van der Waals surface area contributed by atoms with Gasteiger partial charge < -0.3 is 5.73 Å². The van der Waals surface area contributed by atoms with Crippen molar-refractivity contribution in [3.63, 3.8) is 0 Å². The molecule has 1 aliphatic rings. The summed E-state index contributed by atoms with van der Waals surface area (Å²) in [4.78, 5) is 2.57. The van der Waals surface area contributed by atoms with Crippen LogP contribution in [0.2, 0.25) is 0 Å². The first-order chi connectivity index (χ1) is 8.15. The number of hydrogen-bond acceptors (Lipinski definition) is 3. The molecule has 4 heteroatoms. The Morgan fingerprint density at radius 3 is 2.41 bits per heavy atom. The topological polar surface area (TPSA) is 47.1 Å². The Hall–Kier alpha value is -0.870. The van der Waals surface area contributed by atoms with Gasteiger partial charge in [0.1, 0.15) is 0 Å². The first kappa shape index (κ1) is 12.6. The summed E-state index contributed by atoms with van der Waals surface area (Å²) in [5, 5.41) is 4.53. The van der Waals surface area contributed by atoms with E-state index in [1.54, 1.807) is 0 Å². The summed E-state index contributed by atoms with van der Waals surface area (Å²) in [5.74, 6) is 0. The maximum absolute atomic E-state index is 5.79. The van der Waals surface area contributed by atoms with Gasteiger partial charge in [0.05, 0.1) is 5.69 Å². The summed E-state index contributed by atoms with van der Waals surface area (Å²) < 4.78 is 1.99. The number of nitrogens with two attached hydrogens (primary N) is 1. The molecule has 0 radical (unpaired) electrons. The highest BCUT2D eigenvalue weighted by atomic mass is 15.3. The highest BCUT2D eigenvalue weighted by molar-refractivity contribution is 5.28. The third kappa shape index (κ3) is 2.38. The molecule has 0 saturated carbocycles. The molecule has 1 atom stereocenters. The number of hydrogen-bond donors (Lipinski definition) is 1. The van der Waals surface area contributed by atoms with Gasteiger partial charge in [-0.05, 0) is 52.7 Å². The maximum Gasteiger partial charge on any atom is 0.0644 e. The summed E-state index contributed by atoms with van der Waals surface area (Å²) in [6, 6.07) is 0.469. The lowest BCUT2D eigenvalue weighted by atomic mass is 10.0. The van der Waals surface area contributed by atoms with Crippen LogP contribution in [0.3, 0.4) is 0 Å². The van der Waals surface area contributed by atoms with Crippen LogP contribution in [-0.2, 0) is 7.05 Å². The molecule has 2 rings (SSSR count). The molecular formula is C13H24N4. The van der Waals surface area contributed by atoms with Crippen LogP contribution in [0.5, 0.6) is 0 Å². The number of aromatic nitrogens is 2. The van der Waals surface area contributed by atoms with E-state index in [1.807, 2.05) is 11.7 Å². The molecule has 0 aliphatic carbocycles. The van der Waals surface area contributed by atoms with Crippen molar-refractivity contribution in [2.24, 2.45) is 12.8 Å². The summed E-state index contributed by atoms with van der Waals surface area (Å²) >= 11 is 0. The summed E-state index contributed by atoms with van der Waals surface area (Å²) in [5.41, 5.74) is 9.64. The SMILES string of the molecule is Cc1nn(C)c(C)c1C(CCN)N1CCCC1. The van der Waals surface area contributed by atoms with Crippen LogP contribution < -0.4 is 5.73 Å². The van der Waals surface area contributed by atoms with Crippen molar-refractivity contribution in [1.82, 2.24) is 14.7 Å². The summed E-state index contributed by atoms with van der Waals surface area (Å²) in [7, 11) is 2.02. The minimum atomic E-state index is 0.469. The Kier molecular flexibility index (Phi) is 3.84. The molecule has 1 unspecified atom stereocenters. The Morgan fingerprint density at radius 1 is 1.29 bits per heavy atom. The largest absolute Gasteiger partial charge is 0.330 e. The fourth-order valence-electron chi connectivity index (χ4n) is 2.99. The molecule has 0 amide bonds. The predicted octanol–water partition coefficient (Wildman–Crippen LogP) is 1.52. The zero-order valence-corrected chi connectivity index (χ0v) is 11.2. The third-order valence-corrected chi connectivity index (χ3v) is 3.92. The Labute approximate surface area is 104 Å². The van der Waals surface area contributed by atoms with Crippen molar-refractivity contribution in [2.45, 2.75) is 39.2 Å². The Balaban J connectivity index is 2.30. The van der Waals surface area contributed by atoms with Crippen molar-refractivity contribution in [3.05, 3.63) is 17.0 Å². The van der Waals surface area contributed by atoms with Gasteiger partial charge in [0.25, 0.3) is 0 Å². The lowest BCUT2D eigenvalue weighted by Gasteiger charge is -2.27. The average molecular weight is 236 g/mol. The molecule has 1 aromatic heterocycles. The van der Waals surface area contributed by atoms with Gasteiger partial charge in [0.15, 0.2) is 0 Å². The molecule has 0 bridgehead atoms. The minimum absolute atomic E-state index is 0.469. The van der Waals surface area contributed by atoms with Crippen molar-refractivity contribution >= 4 is 0 Å². The highest BCUT2D eigenvalue weighted by Gasteiger charge is 2.27. The van der Waals surface area contributed by atoms with Gasteiger partial charge >= 0.3 is 0 Å². The highest BCUT2D eigenvalue weighted by Crippen LogP contribution is 2.31. The van der Waals surface area contributed by atoms with E-state index in [4.69, 9.17) is 5.73 Å². The van der Waals surface area contributed by atoms with Crippen LogP contribution in [0, 0.1) is 13.8 Å². The minimum Gasteiger partial charge on any atom is -0.330 e. The third-order valence-electron chi connectivity index (χ3n) is 3.92. The van der Waals surface area contributed by atoms with Gasteiger partial charge in [-0.1, -0.05) is 0 Å². The predicted molar refractivity (Wildman–Crippen MR) is 69.9 cm³/mol. The standard InChI is InChI=1S/C13H24N4/c1-10-13(11(2)16(3)15-10)12(6-7-14)17-8-4-5-9-17/h12H,4-9,14H2,1-3H3. The molecule has 2 heterocycles. The van der Waals surface area contributed by atoms with Crippen LogP contribution in [0.25, 0.3) is 0 Å². The van der Waals surface area contributed by atoms with E-state index in [0.717, 1.165) is 18.7 Å². The molecule has 0 aromatic carbocycles. The zero-order chi connectivity index (χ0) is 12.4. The number of aryl methyl sites for hydroxylation is 2. The number of likely N-dealkylation sites (tertiary alicyclic amines) is 1. The molecule has 1 saturated heterocycles. The Bertz CT molecular complexity index is 377. The molecule has 96 valence electrons. The smallest absolute Gasteiger partial charge is 0.0644 e. The molecule has 2 N–H and O–H groups in total. The van der Waals surface area contributed by atoms with Crippen molar-refractivity contribution < 1.29 is 0 Å².